The summed E-state index contributed by atoms with van der Waals surface area (Å²) in [6.07, 6.45) is 2.88. The van der Waals surface area contributed by atoms with Gasteiger partial charge in [-0.3, -0.25) is 4.79 Å². The van der Waals surface area contributed by atoms with Gasteiger partial charge in [0, 0.05) is 36.7 Å². The highest BCUT2D eigenvalue weighted by atomic mass is 16.5. The zero-order valence-electron chi connectivity index (χ0n) is 18.5. The van der Waals surface area contributed by atoms with E-state index >= 15 is 0 Å². The summed E-state index contributed by atoms with van der Waals surface area (Å²) in [6, 6.07) is 11.7. The van der Waals surface area contributed by atoms with E-state index in [2.05, 4.69) is 4.90 Å². The lowest BCUT2D eigenvalue weighted by molar-refractivity contribution is -0.0283. The van der Waals surface area contributed by atoms with Crippen LogP contribution in [0.5, 0.6) is 17.2 Å². The first kappa shape index (κ1) is 21.7. The number of piperidine rings is 1. The number of rotatable bonds is 6. The van der Waals surface area contributed by atoms with Gasteiger partial charge in [-0.25, -0.2) is 0 Å². The van der Waals surface area contributed by atoms with E-state index in [1.165, 1.54) is 0 Å². The molecule has 2 aromatic carbocycles. The molecule has 1 saturated heterocycles. The smallest absolute Gasteiger partial charge is 0.203 e. The topological polar surface area (TPSA) is 68.2 Å². The normalized spacial score (nSPS) is 20.8. The number of likely N-dealkylation sites (tertiary alicyclic amines) is 1. The first-order valence-electron chi connectivity index (χ1n) is 10.9. The fraction of sp³-hybridized carbons (Fsp3) is 0.480. The van der Waals surface area contributed by atoms with Crippen molar-refractivity contribution in [2.45, 2.75) is 31.3 Å². The number of carbonyl (C=O) groups excluding carboxylic acids is 1. The van der Waals surface area contributed by atoms with E-state index < -0.39 is 5.60 Å². The van der Waals surface area contributed by atoms with Gasteiger partial charge in [0.2, 0.25) is 5.75 Å². The number of carbonyl (C=O) groups is 1. The van der Waals surface area contributed by atoms with Crippen molar-refractivity contribution < 1.29 is 24.1 Å². The molecule has 0 bridgehead atoms. The molecule has 1 aliphatic carbocycles. The second kappa shape index (κ2) is 8.89. The fourth-order valence-corrected chi connectivity index (χ4v) is 4.98. The van der Waals surface area contributed by atoms with Crippen molar-refractivity contribution in [1.82, 2.24) is 4.90 Å². The number of fused-ring (bicyclic) bond motifs is 1. The largest absolute Gasteiger partial charge is 0.493 e. The molecule has 2 aliphatic rings. The maximum atomic E-state index is 13.3. The molecule has 2 aromatic rings. The molecule has 1 atom stereocenters. The summed E-state index contributed by atoms with van der Waals surface area (Å²) in [4.78, 5) is 15.7. The van der Waals surface area contributed by atoms with Gasteiger partial charge in [-0.1, -0.05) is 30.3 Å². The lowest BCUT2D eigenvalue weighted by atomic mass is 9.80. The molecule has 1 unspecified atom stereocenters. The summed E-state index contributed by atoms with van der Waals surface area (Å²) in [5.41, 5.74) is 1.77. The third-order valence-corrected chi connectivity index (χ3v) is 6.78. The van der Waals surface area contributed by atoms with Crippen molar-refractivity contribution in [2.24, 2.45) is 5.92 Å². The Hall–Kier alpha value is -2.57. The first-order chi connectivity index (χ1) is 15.0. The average molecular weight is 426 g/mol. The molecular weight excluding hydrogens is 394 g/mol. The van der Waals surface area contributed by atoms with Gasteiger partial charge in [-0.15, -0.1) is 0 Å². The maximum absolute atomic E-state index is 13.3. The summed E-state index contributed by atoms with van der Waals surface area (Å²) in [7, 11) is 4.74. The Bertz CT molecular complexity index is 935. The number of hydrogen-bond donors (Lipinski definition) is 1. The van der Waals surface area contributed by atoms with Gasteiger partial charge in [-0.05, 0) is 37.3 Å². The summed E-state index contributed by atoms with van der Waals surface area (Å²) in [5, 5.41) is 11.1. The number of ether oxygens (including phenoxy) is 3. The molecule has 0 aromatic heterocycles. The lowest BCUT2D eigenvalue weighted by Crippen LogP contribution is -2.45. The highest BCUT2D eigenvalue weighted by Crippen LogP contribution is 2.45. The summed E-state index contributed by atoms with van der Waals surface area (Å²) < 4.78 is 16.5. The number of hydrogen-bond acceptors (Lipinski definition) is 6. The van der Waals surface area contributed by atoms with E-state index in [0.717, 1.165) is 37.1 Å². The quantitative estimate of drug-likeness (QED) is 0.765. The molecule has 1 heterocycles. The minimum absolute atomic E-state index is 0.0711. The molecule has 6 heteroatoms. The first-order valence-corrected chi connectivity index (χ1v) is 10.9. The van der Waals surface area contributed by atoms with Crippen LogP contribution in [-0.4, -0.2) is 56.8 Å². The molecular formula is C25H31NO5. The van der Waals surface area contributed by atoms with Crippen LogP contribution in [0.3, 0.4) is 0 Å². The molecule has 1 N–H and O–H groups in total. The fourth-order valence-electron chi connectivity index (χ4n) is 4.98. The van der Waals surface area contributed by atoms with Crippen LogP contribution in [-0.2, 0) is 12.0 Å². The predicted octanol–water partition coefficient (Wildman–Crippen LogP) is 3.44. The highest BCUT2D eigenvalue weighted by Gasteiger charge is 2.37. The average Bonchev–Trinajstić information content (AvgIpc) is 2.81. The van der Waals surface area contributed by atoms with Gasteiger partial charge in [0.15, 0.2) is 17.3 Å². The SMILES string of the molecule is COc1cc2c(c(OC)c1OC)CCC(CN1CCC(O)(c3ccccc3)CC1)C2=O. The van der Waals surface area contributed by atoms with Gasteiger partial charge >= 0.3 is 0 Å². The third kappa shape index (κ3) is 4.02. The Balaban J connectivity index is 1.47. The molecule has 0 radical (unpaired) electrons. The monoisotopic (exact) mass is 425 g/mol. The molecule has 31 heavy (non-hydrogen) atoms. The lowest BCUT2D eigenvalue weighted by Gasteiger charge is -2.40. The van der Waals surface area contributed by atoms with Crippen LogP contribution in [0.25, 0.3) is 0 Å². The van der Waals surface area contributed by atoms with Crippen LogP contribution in [0.1, 0.15) is 40.7 Å². The van der Waals surface area contributed by atoms with E-state index in [4.69, 9.17) is 14.2 Å². The molecule has 166 valence electrons. The molecule has 0 saturated carbocycles. The molecule has 0 spiro atoms. The Morgan fingerprint density at radius 3 is 2.32 bits per heavy atom. The highest BCUT2D eigenvalue weighted by molar-refractivity contribution is 6.02. The summed E-state index contributed by atoms with van der Waals surface area (Å²) in [6.45, 7) is 2.26. The Morgan fingerprint density at radius 2 is 1.71 bits per heavy atom. The predicted molar refractivity (Wildman–Crippen MR) is 118 cm³/mol. The van der Waals surface area contributed by atoms with Gasteiger partial charge in [0.1, 0.15) is 0 Å². The van der Waals surface area contributed by atoms with Gasteiger partial charge in [-0.2, -0.15) is 0 Å². The minimum Gasteiger partial charge on any atom is -0.493 e. The van der Waals surface area contributed by atoms with Crippen LogP contribution in [0.4, 0.5) is 0 Å². The van der Waals surface area contributed by atoms with Gasteiger partial charge < -0.3 is 24.2 Å². The van der Waals surface area contributed by atoms with Crippen molar-refractivity contribution in [2.75, 3.05) is 41.0 Å². The van der Waals surface area contributed by atoms with Gasteiger partial charge in [0.05, 0.1) is 26.9 Å². The Labute approximate surface area is 183 Å². The molecule has 1 aliphatic heterocycles. The number of ketones is 1. The Kier molecular flexibility index (Phi) is 6.21. The summed E-state index contributed by atoms with van der Waals surface area (Å²) >= 11 is 0. The maximum Gasteiger partial charge on any atom is 0.203 e. The molecule has 1 fully saturated rings. The van der Waals surface area contributed by atoms with Crippen LogP contribution in [0, 0.1) is 5.92 Å². The number of methoxy groups -OCH3 is 3. The number of benzene rings is 2. The van der Waals surface area contributed by atoms with E-state index in [9.17, 15) is 9.90 Å². The van der Waals surface area contributed by atoms with Crippen LogP contribution >= 0.6 is 0 Å². The van der Waals surface area contributed by atoms with Crippen molar-refractivity contribution in [3.8, 4) is 17.2 Å². The van der Waals surface area contributed by atoms with Crippen molar-refractivity contribution >= 4 is 5.78 Å². The number of nitrogens with zero attached hydrogens (tertiary/aromatic N) is 1. The van der Waals surface area contributed by atoms with Crippen LogP contribution in [0.15, 0.2) is 36.4 Å². The van der Waals surface area contributed by atoms with E-state index in [1.54, 1.807) is 27.4 Å². The second-order valence-corrected chi connectivity index (χ2v) is 8.47. The molecule has 0 amide bonds. The second-order valence-electron chi connectivity index (χ2n) is 8.47. The Morgan fingerprint density at radius 1 is 1.03 bits per heavy atom. The zero-order chi connectivity index (χ0) is 22.0. The zero-order valence-corrected chi connectivity index (χ0v) is 18.5. The van der Waals surface area contributed by atoms with Crippen molar-refractivity contribution in [3.63, 3.8) is 0 Å². The number of Topliss-reactive ketones (excluding diaryl/α,β-unsaturated/α-hetero) is 1. The van der Waals surface area contributed by atoms with Crippen LogP contribution in [0.2, 0.25) is 0 Å². The van der Waals surface area contributed by atoms with E-state index in [0.29, 0.717) is 42.2 Å². The standard InChI is InChI=1S/C25H31NO5/c1-29-21-15-20-19(23(30-2)24(21)31-3)10-9-17(22(20)27)16-26-13-11-25(28,12-14-26)18-7-5-4-6-8-18/h4-8,15,17,28H,9-14,16H2,1-3H3. The molecule has 4 rings (SSSR count). The third-order valence-electron chi connectivity index (χ3n) is 6.78. The van der Waals surface area contributed by atoms with E-state index in [1.807, 2.05) is 30.3 Å². The van der Waals surface area contributed by atoms with E-state index in [-0.39, 0.29) is 11.7 Å². The summed E-state index contributed by atoms with van der Waals surface area (Å²) in [5.74, 6) is 1.70. The molecule has 6 nitrogen and oxygen atoms in total. The van der Waals surface area contributed by atoms with Crippen molar-refractivity contribution in [3.05, 3.63) is 53.1 Å². The van der Waals surface area contributed by atoms with Crippen molar-refractivity contribution in [1.29, 1.82) is 0 Å². The van der Waals surface area contributed by atoms with Gasteiger partial charge in [0.25, 0.3) is 0 Å². The van der Waals surface area contributed by atoms with Crippen LogP contribution < -0.4 is 14.2 Å². The number of aliphatic hydroxyl groups is 1. The minimum atomic E-state index is -0.780.